The molecule has 0 aliphatic carbocycles. The summed E-state index contributed by atoms with van der Waals surface area (Å²) in [6.45, 7) is 2.06. The Morgan fingerprint density at radius 1 is 1.00 bits per heavy atom. The third-order valence-corrected chi connectivity index (χ3v) is 4.93. The van der Waals surface area contributed by atoms with Crippen molar-refractivity contribution in [1.29, 1.82) is 0 Å². The Morgan fingerprint density at radius 3 is 2.43 bits per heavy atom. The van der Waals surface area contributed by atoms with Crippen molar-refractivity contribution in [2.24, 2.45) is 0 Å². The number of oxazole rings is 1. The van der Waals surface area contributed by atoms with Crippen LogP contribution in [0.3, 0.4) is 0 Å². The van der Waals surface area contributed by atoms with Crippen LogP contribution in [0.4, 0.5) is 5.69 Å². The molecule has 4 nitrogen and oxygen atoms in total. The standard InChI is InChI=1S/C25H19ClN2O2/c1-17-2-6-20(25-27-14-15-30-25)16-23(17)19-7-11-22(12-8-19)28-24(29)13-5-18-3-9-21(26)10-4-18/h2-16H,1H3,(H,28,29). The molecule has 3 aromatic carbocycles. The van der Waals surface area contributed by atoms with Gasteiger partial charge >= 0.3 is 0 Å². The van der Waals surface area contributed by atoms with Crippen molar-refractivity contribution in [2.45, 2.75) is 6.92 Å². The van der Waals surface area contributed by atoms with Gasteiger partial charge in [0.15, 0.2) is 0 Å². The molecule has 1 heterocycles. The number of halogens is 1. The van der Waals surface area contributed by atoms with Crippen LogP contribution in [-0.2, 0) is 4.79 Å². The minimum atomic E-state index is -0.195. The van der Waals surface area contributed by atoms with Crippen molar-refractivity contribution in [3.05, 3.63) is 101 Å². The highest BCUT2D eigenvalue weighted by molar-refractivity contribution is 6.30. The number of amides is 1. The Balaban J connectivity index is 1.47. The number of aryl methyl sites for hydroxylation is 1. The molecule has 0 aliphatic rings. The summed E-state index contributed by atoms with van der Waals surface area (Å²) in [6, 6.07) is 21.1. The second-order valence-electron chi connectivity index (χ2n) is 6.82. The Hall–Kier alpha value is -3.63. The lowest BCUT2D eigenvalue weighted by molar-refractivity contribution is -0.111. The van der Waals surface area contributed by atoms with Crippen molar-refractivity contribution >= 4 is 29.3 Å². The summed E-state index contributed by atoms with van der Waals surface area (Å²) in [4.78, 5) is 16.4. The van der Waals surface area contributed by atoms with Gasteiger partial charge in [0, 0.05) is 22.3 Å². The van der Waals surface area contributed by atoms with Crippen molar-refractivity contribution in [1.82, 2.24) is 4.98 Å². The third-order valence-electron chi connectivity index (χ3n) is 4.68. The maximum Gasteiger partial charge on any atom is 0.248 e. The zero-order valence-electron chi connectivity index (χ0n) is 16.3. The van der Waals surface area contributed by atoms with E-state index in [1.54, 1.807) is 30.7 Å². The molecule has 4 aromatic rings. The Kier molecular flexibility index (Phi) is 5.77. The summed E-state index contributed by atoms with van der Waals surface area (Å²) in [5.41, 5.74) is 5.84. The van der Waals surface area contributed by atoms with Crippen LogP contribution in [-0.4, -0.2) is 10.9 Å². The first-order valence-corrected chi connectivity index (χ1v) is 9.82. The molecule has 148 valence electrons. The Labute approximate surface area is 179 Å². The van der Waals surface area contributed by atoms with Crippen LogP contribution >= 0.6 is 11.6 Å². The molecular formula is C25H19ClN2O2. The van der Waals surface area contributed by atoms with Crippen LogP contribution in [0.2, 0.25) is 5.02 Å². The largest absolute Gasteiger partial charge is 0.445 e. The molecule has 0 unspecified atom stereocenters. The van der Waals surface area contributed by atoms with Crippen LogP contribution in [0.15, 0.2) is 89.7 Å². The van der Waals surface area contributed by atoms with Gasteiger partial charge in [-0.05, 0) is 71.7 Å². The third kappa shape index (κ3) is 4.67. The second-order valence-corrected chi connectivity index (χ2v) is 7.25. The molecule has 5 heteroatoms. The monoisotopic (exact) mass is 414 g/mol. The number of carbonyl (C=O) groups excluding carboxylic acids is 1. The summed E-state index contributed by atoms with van der Waals surface area (Å²) < 4.78 is 5.40. The van der Waals surface area contributed by atoms with E-state index >= 15 is 0 Å². The molecule has 0 saturated heterocycles. The normalized spacial score (nSPS) is 11.0. The summed E-state index contributed by atoms with van der Waals surface area (Å²) in [7, 11) is 0. The van der Waals surface area contributed by atoms with Gasteiger partial charge in [0.25, 0.3) is 0 Å². The van der Waals surface area contributed by atoms with Gasteiger partial charge in [0.1, 0.15) is 6.26 Å². The number of benzene rings is 3. The number of anilines is 1. The van der Waals surface area contributed by atoms with Gasteiger partial charge in [-0.25, -0.2) is 4.98 Å². The number of nitrogens with one attached hydrogen (secondary N) is 1. The first-order chi connectivity index (χ1) is 14.6. The average molecular weight is 415 g/mol. The van der Waals surface area contributed by atoms with Crippen molar-refractivity contribution in [2.75, 3.05) is 5.32 Å². The van der Waals surface area contributed by atoms with Gasteiger partial charge in [-0.1, -0.05) is 41.9 Å². The van der Waals surface area contributed by atoms with Gasteiger partial charge in [0.2, 0.25) is 11.8 Å². The lowest BCUT2D eigenvalue weighted by Gasteiger charge is -2.09. The first-order valence-electron chi connectivity index (χ1n) is 9.44. The molecular weight excluding hydrogens is 396 g/mol. The highest BCUT2D eigenvalue weighted by Crippen LogP contribution is 2.29. The minimum absolute atomic E-state index is 0.195. The lowest BCUT2D eigenvalue weighted by Crippen LogP contribution is -2.07. The molecule has 4 rings (SSSR count). The van der Waals surface area contributed by atoms with Gasteiger partial charge in [0.05, 0.1) is 6.20 Å². The van der Waals surface area contributed by atoms with E-state index in [1.165, 1.54) is 6.08 Å². The van der Waals surface area contributed by atoms with Gasteiger partial charge < -0.3 is 9.73 Å². The van der Waals surface area contributed by atoms with E-state index in [0.717, 1.165) is 33.5 Å². The number of hydrogen-bond acceptors (Lipinski definition) is 3. The van der Waals surface area contributed by atoms with Crippen LogP contribution < -0.4 is 5.32 Å². The van der Waals surface area contributed by atoms with E-state index in [-0.39, 0.29) is 5.91 Å². The number of aromatic nitrogens is 1. The first kappa shape index (κ1) is 19.7. The van der Waals surface area contributed by atoms with Crippen molar-refractivity contribution in [3.63, 3.8) is 0 Å². The van der Waals surface area contributed by atoms with E-state index in [9.17, 15) is 4.79 Å². The zero-order valence-corrected chi connectivity index (χ0v) is 17.1. The molecule has 0 radical (unpaired) electrons. The summed E-state index contributed by atoms with van der Waals surface area (Å²) in [5.74, 6) is 0.396. The molecule has 1 amide bonds. The van der Waals surface area contributed by atoms with E-state index in [0.29, 0.717) is 10.9 Å². The van der Waals surface area contributed by atoms with Gasteiger partial charge in [-0.15, -0.1) is 0 Å². The molecule has 0 bridgehead atoms. The fraction of sp³-hybridized carbons (Fsp3) is 0.0400. The molecule has 0 spiro atoms. The van der Waals surface area contributed by atoms with E-state index < -0.39 is 0 Å². The second kappa shape index (κ2) is 8.80. The highest BCUT2D eigenvalue weighted by atomic mass is 35.5. The van der Waals surface area contributed by atoms with Crippen LogP contribution in [0.5, 0.6) is 0 Å². The van der Waals surface area contributed by atoms with E-state index in [2.05, 4.69) is 23.3 Å². The van der Waals surface area contributed by atoms with Crippen LogP contribution in [0.25, 0.3) is 28.7 Å². The molecule has 30 heavy (non-hydrogen) atoms. The van der Waals surface area contributed by atoms with Crippen molar-refractivity contribution in [3.8, 4) is 22.6 Å². The summed E-state index contributed by atoms with van der Waals surface area (Å²) >= 11 is 5.87. The number of hydrogen-bond donors (Lipinski definition) is 1. The van der Waals surface area contributed by atoms with Crippen LogP contribution in [0, 0.1) is 6.92 Å². The molecule has 1 aromatic heterocycles. The SMILES string of the molecule is Cc1ccc(-c2ncco2)cc1-c1ccc(NC(=O)C=Cc2ccc(Cl)cc2)cc1. The zero-order chi connectivity index (χ0) is 20.9. The summed E-state index contributed by atoms with van der Waals surface area (Å²) in [5, 5.41) is 3.54. The molecule has 0 atom stereocenters. The van der Waals surface area contributed by atoms with Crippen molar-refractivity contribution < 1.29 is 9.21 Å². The quantitative estimate of drug-likeness (QED) is 0.373. The topological polar surface area (TPSA) is 55.1 Å². The number of rotatable bonds is 5. The molecule has 0 aliphatic heterocycles. The Bertz CT molecular complexity index is 1180. The molecule has 0 fully saturated rings. The molecule has 1 N–H and O–H groups in total. The van der Waals surface area contributed by atoms with E-state index in [1.807, 2.05) is 48.5 Å². The predicted octanol–water partition coefficient (Wildman–Crippen LogP) is 6.62. The number of carbonyl (C=O) groups is 1. The predicted molar refractivity (Wildman–Crippen MR) is 121 cm³/mol. The maximum absolute atomic E-state index is 12.2. The average Bonchev–Trinajstić information content (AvgIpc) is 3.29. The fourth-order valence-corrected chi connectivity index (χ4v) is 3.22. The maximum atomic E-state index is 12.2. The van der Waals surface area contributed by atoms with Crippen LogP contribution in [0.1, 0.15) is 11.1 Å². The smallest absolute Gasteiger partial charge is 0.248 e. The van der Waals surface area contributed by atoms with E-state index in [4.69, 9.17) is 16.0 Å². The summed E-state index contributed by atoms with van der Waals surface area (Å²) in [6.07, 6.45) is 6.44. The Morgan fingerprint density at radius 2 is 1.73 bits per heavy atom. The fourth-order valence-electron chi connectivity index (χ4n) is 3.09. The lowest BCUT2D eigenvalue weighted by atomic mass is 9.98. The number of nitrogens with zero attached hydrogens (tertiary/aromatic N) is 1. The van der Waals surface area contributed by atoms with Gasteiger partial charge in [-0.3, -0.25) is 4.79 Å². The highest BCUT2D eigenvalue weighted by Gasteiger charge is 2.08. The molecule has 0 saturated carbocycles. The minimum Gasteiger partial charge on any atom is -0.445 e. The van der Waals surface area contributed by atoms with Gasteiger partial charge in [-0.2, -0.15) is 0 Å².